The molecule has 1 aromatic heterocycles. The Bertz CT molecular complexity index is 552. The highest BCUT2D eigenvalue weighted by atomic mass is 16.5. The van der Waals surface area contributed by atoms with Crippen LogP contribution in [0.25, 0.3) is 0 Å². The van der Waals surface area contributed by atoms with Crippen LogP contribution in [-0.2, 0) is 0 Å². The molecule has 2 rings (SSSR count). The first kappa shape index (κ1) is 11.9. The van der Waals surface area contributed by atoms with Crippen molar-refractivity contribution in [1.29, 1.82) is 0 Å². The number of carbonyl (C=O) groups excluding carboxylic acids is 1. The molecule has 0 aliphatic rings. The van der Waals surface area contributed by atoms with Crippen molar-refractivity contribution in [2.45, 2.75) is 0 Å². The number of carbonyl (C=O) groups is 1. The van der Waals surface area contributed by atoms with E-state index in [1.54, 1.807) is 36.4 Å². The Labute approximate surface area is 104 Å². The second-order valence-electron chi connectivity index (χ2n) is 3.50. The zero-order valence-corrected chi connectivity index (χ0v) is 9.79. The zero-order valence-electron chi connectivity index (χ0n) is 9.79. The average Bonchev–Trinajstić information content (AvgIpc) is 2.40. The van der Waals surface area contributed by atoms with Gasteiger partial charge >= 0.3 is 0 Å². The van der Waals surface area contributed by atoms with E-state index in [0.29, 0.717) is 22.9 Å². The molecule has 0 aliphatic carbocycles. The predicted molar refractivity (Wildman–Crippen MR) is 65.8 cm³/mol. The molecule has 92 valence electrons. The molecule has 0 aliphatic heterocycles. The molecule has 1 heterocycles. The van der Waals surface area contributed by atoms with Gasteiger partial charge in [-0.15, -0.1) is 0 Å². The number of benzene rings is 1. The molecule has 0 radical (unpaired) electrons. The third kappa shape index (κ3) is 2.57. The van der Waals surface area contributed by atoms with Gasteiger partial charge in [-0.05, 0) is 18.2 Å². The smallest absolute Gasteiger partial charge is 0.252 e. The van der Waals surface area contributed by atoms with Crippen LogP contribution in [-0.4, -0.2) is 18.0 Å². The maximum absolute atomic E-state index is 11.2. The summed E-state index contributed by atoms with van der Waals surface area (Å²) in [5, 5.41) is 0. The Balaban J connectivity index is 2.25. The fourth-order valence-electron chi connectivity index (χ4n) is 1.43. The van der Waals surface area contributed by atoms with Crippen molar-refractivity contribution in [2.24, 2.45) is 5.73 Å². The lowest BCUT2D eigenvalue weighted by molar-refractivity contribution is 0.0998. The van der Waals surface area contributed by atoms with Crippen molar-refractivity contribution < 1.29 is 14.3 Å². The van der Waals surface area contributed by atoms with Crippen LogP contribution in [0.1, 0.15) is 10.4 Å². The molecule has 5 heteroatoms. The maximum atomic E-state index is 11.2. The summed E-state index contributed by atoms with van der Waals surface area (Å²) in [5.41, 5.74) is 5.59. The van der Waals surface area contributed by atoms with E-state index in [9.17, 15) is 4.79 Å². The molecule has 0 fully saturated rings. The minimum Gasteiger partial charge on any atom is -0.481 e. The Kier molecular flexibility index (Phi) is 3.43. The van der Waals surface area contributed by atoms with Gasteiger partial charge in [-0.1, -0.05) is 12.1 Å². The number of nitrogens with zero attached hydrogens (tertiary/aromatic N) is 1. The van der Waals surface area contributed by atoms with Gasteiger partial charge in [-0.3, -0.25) is 4.79 Å². The summed E-state index contributed by atoms with van der Waals surface area (Å²) >= 11 is 0. The van der Waals surface area contributed by atoms with E-state index >= 15 is 0 Å². The molecule has 0 unspecified atom stereocenters. The minimum absolute atomic E-state index is 0.327. The summed E-state index contributed by atoms with van der Waals surface area (Å²) in [4.78, 5) is 15.2. The number of nitrogens with two attached hydrogens (primary N) is 1. The fraction of sp³-hybridized carbons (Fsp3) is 0.0769. The first-order valence-electron chi connectivity index (χ1n) is 5.27. The van der Waals surface area contributed by atoms with Crippen molar-refractivity contribution in [1.82, 2.24) is 4.98 Å². The first-order chi connectivity index (χ1) is 8.70. The summed E-state index contributed by atoms with van der Waals surface area (Å²) in [6.45, 7) is 0. The molecule has 2 aromatic rings. The van der Waals surface area contributed by atoms with Crippen LogP contribution < -0.4 is 15.2 Å². The van der Waals surface area contributed by atoms with Crippen LogP contribution in [0.3, 0.4) is 0 Å². The van der Waals surface area contributed by atoms with Gasteiger partial charge in [-0.25, -0.2) is 4.98 Å². The van der Waals surface area contributed by atoms with Crippen LogP contribution in [0.5, 0.6) is 17.4 Å². The van der Waals surface area contributed by atoms with Crippen molar-refractivity contribution in [3.05, 3.63) is 48.2 Å². The lowest BCUT2D eigenvalue weighted by atomic mass is 10.2. The summed E-state index contributed by atoms with van der Waals surface area (Å²) < 4.78 is 10.5. The maximum Gasteiger partial charge on any atom is 0.252 e. The highest BCUT2D eigenvalue weighted by Gasteiger charge is 2.09. The number of methoxy groups -OCH3 is 1. The van der Waals surface area contributed by atoms with E-state index in [1.165, 1.54) is 13.3 Å². The van der Waals surface area contributed by atoms with Crippen molar-refractivity contribution in [3.8, 4) is 17.4 Å². The van der Waals surface area contributed by atoms with Gasteiger partial charge in [-0.2, -0.15) is 0 Å². The summed E-state index contributed by atoms with van der Waals surface area (Å²) in [7, 11) is 1.53. The molecule has 1 aromatic carbocycles. The number of hydrogen-bond donors (Lipinski definition) is 1. The second kappa shape index (κ2) is 5.18. The quantitative estimate of drug-likeness (QED) is 0.892. The van der Waals surface area contributed by atoms with Gasteiger partial charge in [0.25, 0.3) is 5.91 Å². The van der Waals surface area contributed by atoms with Crippen molar-refractivity contribution >= 4 is 5.91 Å². The normalized spacial score (nSPS) is 9.83. The number of ether oxygens (including phenoxy) is 2. The number of para-hydroxylation sites is 1. The highest BCUT2D eigenvalue weighted by Crippen LogP contribution is 2.25. The van der Waals surface area contributed by atoms with E-state index in [2.05, 4.69) is 4.98 Å². The number of hydrogen-bond acceptors (Lipinski definition) is 4. The predicted octanol–water partition coefficient (Wildman–Crippen LogP) is 1.98. The summed E-state index contributed by atoms with van der Waals surface area (Å²) in [6, 6.07) is 10.1. The van der Waals surface area contributed by atoms with Gasteiger partial charge in [0.05, 0.1) is 18.9 Å². The number of aromatic nitrogens is 1. The van der Waals surface area contributed by atoms with E-state index in [4.69, 9.17) is 15.2 Å². The molecule has 0 bridgehead atoms. The number of pyridine rings is 1. The first-order valence-corrected chi connectivity index (χ1v) is 5.27. The minimum atomic E-state index is -0.535. The van der Waals surface area contributed by atoms with Crippen molar-refractivity contribution in [2.75, 3.05) is 7.11 Å². The Hall–Kier alpha value is -2.56. The molecule has 0 spiro atoms. The van der Waals surface area contributed by atoms with E-state index in [-0.39, 0.29) is 0 Å². The molecule has 5 nitrogen and oxygen atoms in total. The van der Waals surface area contributed by atoms with E-state index in [0.717, 1.165) is 0 Å². The van der Waals surface area contributed by atoms with Gasteiger partial charge in [0.2, 0.25) is 5.88 Å². The van der Waals surface area contributed by atoms with Gasteiger partial charge in [0, 0.05) is 6.07 Å². The summed E-state index contributed by atoms with van der Waals surface area (Å²) in [6.07, 6.45) is 1.51. The Morgan fingerprint density at radius 3 is 2.61 bits per heavy atom. The molecule has 2 N–H and O–H groups in total. The third-order valence-electron chi connectivity index (χ3n) is 2.30. The van der Waals surface area contributed by atoms with E-state index in [1.807, 2.05) is 0 Å². The molecule has 0 saturated carbocycles. The Morgan fingerprint density at radius 1 is 1.22 bits per heavy atom. The average molecular weight is 244 g/mol. The summed E-state index contributed by atoms with van der Waals surface area (Å²) in [5.74, 6) is 0.860. The third-order valence-corrected chi connectivity index (χ3v) is 2.30. The molecule has 18 heavy (non-hydrogen) atoms. The van der Waals surface area contributed by atoms with Gasteiger partial charge in [0.15, 0.2) is 0 Å². The lowest BCUT2D eigenvalue weighted by Gasteiger charge is -2.08. The molecular formula is C13H12N2O3. The Morgan fingerprint density at radius 2 is 2.00 bits per heavy atom. The van der Waals surface area contributed by atoms with Crippen LogP contribution in [0.2, 0.25) is 0 Å². The fourth-order valence-corrected chi connectivity index (χ4v) is 1.43. The zero-order chi connectivity index (χ0) is 13.0. The molecule has 1 amide bonds. The SMILES string of the molecule is COc1ccc(Oc2ccccc2C(N)=O)cn1. The standard InChI is InChI=1S/C13H12N2O3/c1-17-12-7-6-9(8-15-12)18-11-5-3-2-4-10(11)13(14)16/h2-8H,1H3,(H2,14,16). The van der Waals surface area contributed by atoms with E-state index < -0.39 is 5.91 Å². The van der Waals surface area contributed by atoms with Gasteiger partial charge in [0.1, 0.15) is 11.5 Å². The van der Waals surface area contributed by atoms with Crippen LogP contribution in [0, 0.1) is 0 Å². The van der Waals surface area contributed by atoms with Crippen LogP contribution in [0.4, 0.5) is 0 Å². The highest BCUT2D eigenvalue weighted by molar-refractivity contribution is 5.95. The second-order valence-corrected chi connectivity index (χ2v) is 3.50. The van der Waals surface area contributed by atoms with Crippen LogP contribution in [0.15, 0.2) is 42.6 Å². The monoisotopic (exact) mass is 244 g/mol. The number of amides is 1. The van der Waals surface area contributed by atoms with Crippen molar-refractivity contribution in [3.63, 3.8) is 0 Å². The molecule has 0 saturated heterocycles. The van der Waals surface area contributed by atoms with Crippen LogP contribution >= 0.6 is 0 Å². The number of primary amides is 1. The number of rotatable bonds is 4. The van der Waals surface area contributed by atoms with Gasteiger partial charge < -0.3 is 15.2 Å². The topological polar surface area (TPSA) is 74.4 Å². The lowest BCUT2D eigenvalue weighted by Crippen LogP contribution is -2.11. The molecule has 0 atom stereocenters. The molecular weight excluding hydrogens is 232 g/mol. The largest absolute Gasteiger partial charge is 0.481 e.